The normalized spacial score (nSPS) is 11.7. The van der Waals surface area contributed by atoms with Crippen molar-refractivity contribution in [2.45, 2.75) is 0 Å². The van der Waals surface area contributed by atoms with Crippen LogP contribution < -0.4 is 0 Å². The van der Waals surface area contributed by atoms with Crippen LogP contribution in [0.25, 0.3) is 6.08 Å². The molecule has 0 aliphatic carbocycles. The smallest absolute Gasteiger partial charge is 0.412 e. The molecule has 0 unspecified atom stereocenters. The Labute approximate surface area is 131 Å². The highest BCUT2D eigenvalue weighted by molar-refractivity contribution is 7.46. The fourth-order valence-electron chi connectivity index (χ4n) is 1.25. The molecule has 1 aromatic rings. The lowest BCUT2D eigenvalue weighted by Crippen LogP contribution is -2.40. The molecular weight excluding hydrogens is 327 g/mol. The van der Waals surface area contributed by atoms with Crippen molar-refractivity contribution in [1.29, 1.82) is 0 Å². The molecule has 1 rings (SSSR count). The van der Waals surface area contributed by atoms with Crippen LogP contribution in [-0.2, 0) is 22.4 Å². The van der Waals surface area contributed by atoms with Gasteiger partial charge in [-0.1, -0.05) is 36.9 Å². The highest BCUT2D eigenvalue weighted by Gasteiger charge is 2.33. The van der Waals surface area contributed by atoms with Gasteiger partial charge in [0.25, 0.3) is 0 Å². The number of rotatable bonds is 7. The van der Waals surface area contributed by atoms with E-state index < -0.39 is 16.6 Å². The quantitative estimate of drug-likeness (QED) is 0.444. The fraction of sp³-hybridized carbons (Fsp3) is 0.231. The third kappa shape index (κ3) is 8.91. The minimum Gasteiger partial charge on any atom is -0.412 e. The first kappa shape index (κ1) is 20.7. The molecule has 0 fully saturated rings. The second-order valence-corrected chi connectivity index (χ2v) is 7.76. The van der Waals surface area contributed by atoms with Gasteiger partial charge in [0.05, 0.1) is 6.26 Å². The molecule has 0 aliphatic rings. The van der Waals surface area contributed by atoms with Crippen molar-refractivity contribution in [3.63, 3.8) is 0 Å². The molecule has 0 heterocycles. The van der Waals surface area contributed by atoms with E-state index in [1.807, 2.05) is 18.2 Å². The molecule has 9 heteroatoms. The van der Waals surface area contributed by atoms with Gasteiger partial charge in [-0.3, -0.25) is 9.79 Å². The van der Waals surface area contributed by atoms with E-state index in [-0.39, 0.29) is 0 Å². The van der Waals surface area contributed by atoms with E-state index in [9.17, 15) is 4.57 Å². The van der Waals surface area contributed by atoms with Crippen molar-refractivity contribution in [2.75, 3.05) is 21.3 Å². The second-order valence-electron chi connectivity index (χ2n) is 3.73. The highest BCUT2D eigenvalue weighted by Crippen LogP contribution is 2.36. The predicted molar refractivity (Wildman–Crippen MR) is 85.6 cm³/mol. The first-order valence-corrected chi connectivity index (χ1v) is 9.40. The molecule has 0 spiro atoms. The number of hydrogen-bond donors (Lipinski definition) is 2. The summed E-state index contributed by atoms with van der Waals surface area (Å²) in [4.78, 5) is 16.7. The van der Waals surface area contributed by atoms with E-state index in [2.05, 4.69) is 11.1 Å². The van der Waals surface area contributed by atoms with Gasteiger partial charge < -0.3 is 17.8 Å². The van der Waals surface area contributed by atoms with Crippen molar-refractivity contribution in [3.8, 4) is 0 Å². The van der Waals surface area contributed by atoms with E-state index in [0.29, 0.717) is 0 Å². The van der Waals surface area contributed by atoms with Crippen LogP contribution in [0.5, 0.6) is 0 Å². The summed E-state index contributed by atoms with van der Waals surface area (Å²) < 4.78 is 29.2. The summed E-state index contributed by atoms with van der Waals surface area (Å²) in [6.45, 7) is 3.53. The van der Waals surface area contributed by atoms with Gasteiger partial charge in [0.2, 0.25) is 0 Å². The molecule has 0 aliphatic heterocycles. The standard InChI is InChI=1S/C8H9O4P.C5H12O3Si/c9-13(10,11)12-7-6-8-4-2-1-3-5-8;1-5-9(6-2,7-3)8-4/h1-7H,(H2,9,10,11);5H,1H2,2-4H3. The molecule has 2 N–H and O–H groups in total. The third-order valence-corrected chi connectivity index (χ3v) is 4.97. The van der Waals surface area contributed by atoms with Gasteiger partial charge in [0.1, 0.15) is 0 Å². The van der Waals surface area contributed by atoms with Crippen molar-refractivity contribution in [2.24, 2.45) is 0 Å². The summed E-state index contributed by atoms with van der Waals surface area (Å²) in [6, 6.07) is 9.06. The minimum atomic E-state index is -4.39. The van der Waals surface area contributed by atoms with E-state index >= 15 is 0 Å². The average Bonchev–Trinajstić information content (AvgIpc) is 2.51. The number of phosphoric ester groups is 1. The summed E-state index contributed by atoms with van der Waals surface area (Å²) in [7, 11) is -2.19. The van der Waals surface area contributed by atoms with Crippen LogP contribution in [0.4, 0.5) is 0 Å². The topological polar surface area (TPSA) is 94.5 Å². The molecule has 7 nitrogen and oxygen atoms in total. The maximum absolute atomic E-state index is 10.2. The zero-order valence-corrected chi connectivity index (χ0v) is 14.6. The Morgan fingerprint density at radius 2 is 1.59 bits per heavy atom. The number of phosphoric acid groups is 1. The van der Waals surface area contributed by atoms with Gasteiger partial charge in [-0.25, -0.2) is 4.57 Å². The van der Waals surface area contributed by atoms with E-state index in [0.717, 1.165) is 11.8 Å². The maximum Gasteiger partial charge on any atom is 0.528 e. The molecule has 124 valence electrons. The lowest BCUT2D eigenvalue weighted by molar-refractivity contribution is 0.138. The lowest BCUT2D eigenvalue weighted by Gasteiger charge is -2.19. The molecule has 1 aromatic carbocycles. The van der Waals surface area contributed by atoms with Crippen LogP contribution >= 0.6 is 7.82 Å². The summed E-state index contributed by atoms with van der Waals surface area (Å²) in [5, 5.41) is 0. The van der Waals surface area contributed by atoms with Crippen LogP contribution in [0.1, 0.15) is 5.56 Å². The van der Waals surface area contributed by atoms with Crippen LogP contribution in [0, 0.1) is 0 Å². The zero-order valence-electron chi connectivity index (χ0n) is 12.7. The first-order valence-electron chi connectivity index (χ1n) is 6.07. The van der Waals surface area contributed by atoms with Crippen molar-refractivity contribution in [1.82, 2.24) is 0 Å². The third-order valence-electron chi connectivity index (χ3n) is 2.36. The van der Waals surface area contributed by atoms with Gasteiger partial charge in [-0.2, -0.15) is 0 Å². The largest absolute Gasteiger partial charge is 0.528 e. The van der Waals surface area contributed by atoms with Gasteiger partial charge in [-0.15, -0.1) is 0 Å². The second kappa shape index (κ2) is 10.5. The summed E-state index contributed by atoms with van der Waals surface area (Å²) in [5.74, 6) is 0. The fourth-order valence-corrected chi connectivity index (χ4v) is 2.47. The van der Waals surface area contributed by atoms with Gasteiger partial charge in [-0.05, 0) is 17.3 Å². The van der Waals surface area contributed by atoms with Crippen LogP contribution in [-0.4, -0.2) is 39.9 Å². The predicted octanol–water partition coefficient (Wildman–Crippen LogP) is 2.36. The Hall–Kier alpha value is -1.25. The van der Waals surface area contributed by atoms with Crippen LogP contribution in [0.15, 0.2) is 48.9 Å². The summed E-state index contributed by atoms with van der Waals surface area (Å²) >= 11 is 0. The Bertz CT molecular complexity index is 488. The van der Waals surface area contributed by atoms with Crippen LogP contribution in [0.3, 0.4) is 0 Å². The zero-order chi connectivity index (χ0) is 17.1. The van der Waals surface area contributed by atoms with Crippen molar-refractivity contribution >= 4 is 22.7 Å². The highest BCUT2D eigenvalue weighted by atomic mass is 31.2. The Balaban J connectivity index is 0.000000433. The van der Waals surface area contributed by atoms with Gasteiger partial charge >= 0.3 is 16.6 Å². The lowest BCUT2D eigenvalue weighted by atomic mass is 10.2. The molecule has 0 saturated heterocycles. The van der Waals surface area contributed by atoms with Gasteiger partial charge in [0.15, 0.2) is 0 Å². The Morgan fingerprint density at radius 1 is 1.09 bits per heavy atom. The molecule has 22 heavy (non-hydrogen) atoms. The minimum absolute atomic E-state index is 0.816. The Morgan fingerprint density at radius 3 is 1.91 bits per heavy atom. The summed E-state index contributed by atoms with van der Waals surface area (Å²) in [5.41, 5.74) is 2.39. The van der Waals surface area contributed by atoms with E-state index in [1.165, 1.54) is 6.08 Å². The van der Waals surface area contributed by atoms with Gasteiger partial charge in [0, 0.05) is 21.3 Å². The van der Waals surface area contributed by atoms with Crippen LogP contribution in [0.2, 0.25) is 0 Å². The molecular formula is C13H21O7PSi. The number of hydrogen-bond acceptors (Lipinski definition) is 5. The monoisotopic (exact) mass is 348 g/mol. The number of benzene rings is 1. The molecule has 0 amide bonds. The molecule has 0 atom stereocenters. The average molecular weight is 348 g/mol. The molecule has 0 bridgehead atoms. The SMILES string of the molecule is C=C[Si](OC)(OC)OC.O=P(O)(O)OC=Cc1ccccc1. The Kier molecular flexibility index (Phi) is 9.87. The van der Waals surface area contributed by atoms with Crippen molar-refractivity contribution < 1.29 is 32.2 Å². The van der Waals surface area contributed by atoms with E-state index in [1.54, 1.807) is 39.2 Å². The summed E-state index contributed by atoms with van der Waals surface area (Å²) in [6.07, 6.45) is 2.45. The molecule has 0 saturated carbocycles. The maximum atomic E-state index is 10.2. The molecule has 0 aromatic heterocycles. The van der Waals surface area contributed by atoms with Crippen molar-refractivity contribution in [3.05, 3.63) is 54.4 Å². The van der Waals surface area contributed by atoms with E-state index in [4.69, 9.17) is 23.1 Å². The first-order chi connectivity index (χ1) is 10.3. The molecule has 0 radical (unpaired) electrons.